The van der Waals surface area contributed by atoms with Gasteiger partial charge in [0.05, 0.1) is 12.0 Å². The van der Waals surface area contributed by atoms with Gasteiger partial charge in [-0.05, 0) is 39.0 Å². The SMILES string of the molecule is CCN1C[C@]2(CCCCN2C(=O)C2CCCCC2)CC1=O. The van der Waals surface area contributed by atoms with E-state index in [1.807, 2.05) is 11.8 Å². The number of carbonyl (C=O) groups is 2. The van der Waals surface area contributed by atoms with Crippen LogP contribution in [0.5, 0.6) is 0 Å². The Bertz CT molecular complexity index is 417. The second-order valence-electron chi connectivity index (χ2n) is 7.09. The van der Waals surface area contributed by atoms with E-state index in [1.165, 1.54) is 19.3 Å². The van der Waals surface area contributed by atoms with Crippen LogP contribution in [0.25, 0.3) is 0 Å². The van der Waals surface area contributed by atoms with Crippen molar-refractivity contribution in [1.29, 1.82) is 0 Å². The highest BCUT2D eigenvalue weighted by Crippen LogP contribution is 2.39. The summed E-state index contributed by atoms with van der Waals surface area (Å²) in [6.07, 6.45) is 9.58. The molecular weight excluding hydrogens is 264 g/mol. The molecule has 1 spiro atoms. The molecule has 21 heavy (non-hydrogen) atoms. The molecule has 0 aromatic heterocycles. The highest BCUT2D eigenvalue weighted by Gasteiger charge is 2.50. The molecule has 0 bridgehead atoms. The summed E-state index contributed by atoms with van der Waals surface area (Å²) in [5.74, 6) is 0.806. The summed E-state index contributed by atoms with van der Waals surface area (Å²) in [6, 6.07) is 0. The summed E-state index contributed by atoms with van der Waals surface area (Å²) in [5, 5.41) is 0. The van der Waals surface area contributed by atoms with Crippen LogP contribution in [0.3, 0.4) is 0 Å². The molecule has 0 N–H and O–H groups in total. The maximum Gasteiger partial charge on any atom is 0.226 e. The largest absolute Gasteiger partial charge is 0.341 e. The van der Waals surface area contributed by atoms with Crippen LogP contribution < -0.4 is 0 Å². The molecule has 0 radical (unpaired) electrons. The molecule has 3 aliphatic rings. The molecule has 3 rings (SSSR count). The van der Waals surface area contributed by atoms with E-state index in [4.69, 9.17) is 0 Å². The minimum absolute atomic E-state index is 0.181. The minimum atomic E-state index is -0.181. The maximum atomic E-state index is 13.0. The van der Waals surface area contributed by atoms with Crippen molar-refractivity contribution in [1.82, 2.24) is 9.80 Å². The highest BCUT2D eigenvalue weighted by atomic mass is 16.2. The molecule has 0 unspecified atom stereocenters. The van der Waals surface area contributed by atoms with Crippen LogP contribution in [0, 0.1) is 5.92 Å². The Morgan fingerprint density at radius 3 is 2.62 bits per heavy atom. The van der Waals surface area contributed by atoms with Gasteiger partial charge < -0.3 is 9.80 Å². The van der Waals surface area contributed by atoms with Crippen molar-refractivity contribution in [2.75, 3.05) is 19.6 Å². The first kappa shape index (κ1) is 14.9. The lowest BCUT2D eigenvalue weighted by Crippen LogP contribution is -2.57. The summed E-state index contributed by atoms with van der Waals surface area (Å²) in [5.41, 5.74) is -0.181. The number of carbonyl (C=O) groups excluding carboxylic acids is 2. The van der Waals surface area contributed by atoms with E-state index >= 15 is 0 Å². The first-order valence-electron chi connectivity index (χ1n) is 8.75. The van der Waals surface area contributed by atoms with Gasteiger partial charge >= 0.3 is 0 Å². The Morgan fingerprint density at radius 2 is 1.95 bits per heavy atom. The molecule has 1 atom stereocenters. The predicted molar refractivity (Wildman–Crippen MR) is 81.7 cm³/mol. The molecule has 1 saturated carbocycles. The Morgan fingerprint density at radius 1 is 1.19 bits per heavy atom. The molecule has 4 nitrogen and oxygen atoms in total. The quantitative estimate of drug-likeness (QED) is 0.785. The summed E-state index contributed by atoms with van der Waals surface area (Å²) in [4.78, 5) is 29.3. The van der Waals surface area contributed by atoms with Crippen molar-refractivity contribution in [3.63, 3.8) is 0 Å². The average Bonchev–Trinajstić information content (AvgIpc) is 2.84. The van der Waals surface area contributed by atoms with E-state index in [9.17, 15) is 9.59 Å². The fourth-order valence-electron chi connectivity index (χ4n) is 4.54. The number of likely N-dealkylation sites (N-methyl/N-ethyl adjacent to an activating group) is 1. The third-order valence-corrected chi connectivity index (χ3v) is 5.77. The first-order chi connectivity index (χ1) is 10.2. The van der Waals surface area contributed by atoms with E-state index < -0.39 is 0 Å². The second-order valence-corrected chi connectivity index (χ2v) is 7.09. The highest BCUT2D eigenvalue weighted by molar-refractivity contribution is 5.85. The zero-order valence-electron chi connectivity index (χ0n) is 13.3. The lowest BCUT2D eigenvalue weighted by molar-refractivity contribution is -0.145. The molecule has 118 valence electrons. The lowest BCUT2D eigenvalue weighted by Gasteiger charge is -2.46. The van der Waals surface area contributed by atoms with Gasteiger partial charge in [0.1, 0.15) is 0 Å². The fourth-order valence-corrected chi connectivity index (χ4v) is 4.54. The van der Waals surface area contributed by atoms with Gasteiger partial charge in [0.25, 0.3) is 0 Å². The van der Waals surface area contributed by atoms with E-state index in [0.717, 1.165) is 51.7 Å². The lowest BCUT2D eigenvalue weighted by atomic mass is 9.82. The number of hydrogen-bond acceptors (Lipinski definition) is 2. The Balaban J connectivity index is 1.78. The normalized spacial score (nSPS) is 31.2. The number of likely N-dealkylation sites (tertiary alicyclic amines) is 2. The summed E-state index contributed by atoms with van der Waals surface area (Å²) < 4.78 is 0. The molecule has 2 amide bonds. The standard InChI is InChI=1S/C17H28N2O2/c1-2-18-13-17(12-15(18)20)10-6-7-11-19(17)16(21)14-8-4-3-5-9-14/h14H,2-13H2,1H3/t17-/m0/s1. The number of hydrogen-bond donors (Lipinski definition) is 0. The maximum absolute atomic E-state index is 13.0. The molecule has 0 aromatic carbocycles. The van der Waals surface area contributed by atoms with E-state index in [2.05, 4.69) is 4.90 Å². The topological polar surface area (TPSA) is 40.6 Å². The van der Waals surface area contributed by atoms with Gasteiger partial charge in [-0.3, -0.25) is 9.59 Å². The number of rotatable bonds is 2. The van der Waals surface area contributed by atoms with Gasteiger partial charge in [0, 0.05) is 25.6 Å². The van der Waals surface area contributed by atoms with E-state index in [0.29, 0.717) is 12.3 Å². The molecule has 2 heterocycles. The Labute approximate surface area is 127 Å². The van der Waals surface area contributed by atoms with Gasteiger partial charge in [0.15, 0.2) is 0 Å². The number of amides is 2. The predicted octanol–water partition coefficient (Wildman–Crippen LogP) is 2.57. The van der Waals surface area contributed by atoms with Crippen LogP contribution in [0.2, 0.25) is 0 Å². The van der Waals surface area contributed by atoms with Crippen LogP contribution in [0.4, 0.5) is 0 Å². The monoisotopic (exact) mass is 292 g/mol. The molecule has 4 heteroatoms. The van der Waals surface area contributed by atoms with Gasteiger partial charge in [-0.25, -0.2) is 0 Å². The zero-order valence-corrected chi connectivity index (χ0v) is 13.3. The average molecular weight is 292 g/mol. The fraction of sp³-hybridized carbons (Fsp3) is 0.882. The van der Waals surface area contributed by atoms with E-state index in [1.54, 1.807) is 0 Å². The Kier molecular flexibility index (Phi) is 4.23. The van der Waals surface area contributed by atoms with Gasteiger partial charge in [0.2, 0.25) is 11.8 Å². The number of piperidine rings is 1. The van der Waals surface area contributed by atoms with Crippen LogP contribution in [-0.2, 0) is 9.59 Å². The molecular formula is C17H28N2O2. The molecule has 3 fully saturated rings. The van der Waals surface area contributed by atoms with Crippen LogP contribution in [0.15, 0.2) is 0 Å². The number of nitrogens with zero attached hydrogens (tertiary/aromatic N) is 2. The van der Waals surface area contributed by atoms with Gasteiger partial charge in [-0.1, -0.05) is 19.3 Å². The minimum Gasteiger partial charge on any atom is -0.341 e. The van der Waals surface area contributed by atoms with Gasteiger partial charge in [-0.2, -0.15) is 0 Å². The zero-order chi connectivity index (χ0) is 14.9. The smallest absolute Gasteiger partial charge is 0.226 e. The summed E-state index contributed by atoms with van der Waals surface area (Å²) >= 11 is 0. The Hall–Kier alpha value is -1.06. The van der Waals surface area contributed by atoms with Crippen LogP contribution in [-0.4, -0.2) is 46.8 Å². The third kappa shape index (κ3) is 2.69. The molecule has 0 aromatic rings. The second kappa shape index (κ2) is 5.98. The van der Waals surface area contributed by atoms with E-state index in [-0.39, 0.29) is 17.4 Å². The van der Waals surface area contributed by atoms with Crippen molar-refractivity contribution in [3.05, 3.63) is 0 Å². The third-order valence-electron chi connectivity index (χ3n) is 5.77. The molecule has 1 aliphatic carbocycles. The molecule has 2 saturated heterocycles. The van der Waals surface area contributed by atoms with Crippen molar-refractivity contribution >= 4 is 11.8 Å². The van der Waals surface area contributed by atoms with Gasteiger partial charge in [-0.15, -0.1) is 0 Å². The summed E-state index contributed by atoms with van der Waals surface area (Å²) in [6.45, 7) is 4.43. The van der Waals surface area contributed by atoms with Crippen molar-refractivity contribution in [2.45, 2.75) is 70.3 Å². The van der Waals surface area contributed by atoms with Crippen LogP contribution >= 0.6 is 0 Å². The first-order valence-corrected chi connectivity index (χ1v) is 8.75. The summed E-state index contributed by atoms with van der Waals surface area (Å²) in [7, 11) is 0. The van der Waals surface area contributed by atoms with Crippen molar-refractivity contribution < 1.29 is 9.59 Å². The van der Waals surface area contributed by atoms with Crippen LogP contribution in [0.1, 0.15) is 64.7 Å². The van der Waals surface area contributed by atoms with Crippen molar-refractivity contribution in [3.8, 4) is 0 Å². The van der Waals surface area contributed by atoms with Crippen molar-refractivity contribution in [2.24, 2.45) is 5.92 Å². The molecule has 2 aliphatic heterocycles.